The van der Waals surface area contributed by atoms with Gasteiger partial charge in [0.25, 0.3) is 5.91 Å². The highest BCUT2D eigenvalue weighted by atomic mass is 32.1. The van der Waals surface area contributed by atoms with Gasteiger partial charge in [-0.2, -0.15) is 0 Å². The van der Waals surface area contributed by atoms with Gasteiger partial charge in [-0.1, -0.05) is 18.2 Å². The lowest BCUT2D eigenvalue weighted by molar-refractivity contribution is 0.00882. The largest absolute Gasteiger partial charge is 0.390 e. The van der Waals surface area contributed by atoms with E-state index in [-0.39, 0.29) is 5.91 Å². The van der Waals surface area contributed by atoms with Crippen LogP contribution in [-0.4, -0.2) is 73.4 Å². The molecule has 1 unspecified atom stereocenters. The predicted octanol–water partition coefficient (Wildman–Crippen LogP) is 1.97. The van der Waals surface area contributed by atoms with Crippen molar-refractivity contribution in [1.82, 2.24) is 9.80 Å². The van der Waals surface area contributed by atoms with E-state index in [1.165, 1.54) is 11.3 Å². The number of β-amino-alcohol motifs (C(OH)–C–C–N with tert-alkyl or cyclic N) is 1. The van der Waals surface area contributed by atoms with Gasteiger partial charge < -0.3 is 14.7 Å². The SMILES string of the molecule is Cc1c(C(=O)N(C)CC(O)CN2CCOCC2)sc2ccccc12. The molecule has 5 nitrogen and oxygen atoms in total. The van der Waals surface area contributed by atoms with Crippen molar-refractivity contribution in [2.45, 2.75) is 13.0 Å². The summed E-state index contributed by atoms with van der Waals surface area (Å²) in [4.78, 5) is 17.3. The van der Waals surface area contributed by atoms with E-state index in [4.69, 9.17) is 4.74 Å². The van der Waals surface area contributed by atoms with E-state index < -0.39 is 6.10 Å². The molecule has 1 aliphatic rings. The van der Waals surface area contributed by atoms with Crippen LogP contribution in [0.5, 0.6) is 0 Å². The van der Waals surface area contributed by atoms with Gasteiger partial charge in [0, 0.05) is 37.9 Å². The first kappa shape index (κ1) is 17.4. The quantitative estimate of drug-likeness (QED) is 0.898. The summed E-state index contributed by atoms with van der Waals surface area (Å²) in [6.07, 6.45) is -0.549. The van der Waals surface area contributed by atoms with Crippen LogP contribution in [0.4, 0.5) is 0 Å². The minimum atomic E-state index is -0.549. The fourth-order valence-electron chi connectivity index (χ4n) is 3.09. The van der Waals surface area contributed by atoms with Crippen molar-refractivity contribution in [2.24, 2.45) is 0 Å². The van der Waals surface area contributed by atoms with Gasteiger partial charge in [0.05, 0.1) is 24.2 Å². The van der Waals surface area contributed by atoms with Crippen LogP contribution in [0.1, 0.15) is 15.2 Å². The second-order valence-corrected chi connectivity index (χ2v) is 7.36. The Balaban J connectivity index is 1.64. The third-order valence-electron chi connectivity index (χ3n) is 4.44. The summed E-state index contributed by atoms with van der Waals surface area (Å²) in [5.74, 6) is -0.0188. The number of carbonyl (C=O) groups excluding carboxylic acids is 1. The normalized spacial score (nSPS) is 17.1. The standard InChI is InChI=1S/C18H24N2O3S/c1-13-15-5-3-4-6-16(15)24-17(13)18(22)19(2)11-14(21)12-20-7-9-23-10-8-20/h3-6,14,21H,7-12H2,1-2H3. The van der Waals surface area contributed by atoms with E-state index >= 15 is 0 Å². The number of benzene rings is 1. The first-order valence-corrected chi connectivity index (χ1v) is 9.09. The number of aliphatic hydroxyl groups excluding tert-OH is 1. The molecule has 2 heterocycles. The minimum absolute atomic E-state index is 0.0188. The summed E-state index contributed by atoms with van der Waals surface area (Å²) >= 11 is 1.52. The molecule has 0 radical (unpaired) electrons. The highest BCUT2D eigenvalue weighted by Gasteiger charge is 2.22. The van der Waals surface area contributed by atoms with Crippen LogP contribution in [0, 0.1) is 6.92 Å². The van der Waals surface area contributed by atoms with Gasteiger partial charge in [0.2, 0.25) is 0 Å². The topological polar surface area (TPSA) is 53.0 Å². The van der Waals surface area contributed by atoms with Gasteiger partial charge in [0.15, 0.2) is 0 Å². The Morgan fingerprint density at radius 2 is 2.08 bits per heavy atom. The summed E-state index contributed by atoms with van der Waals surface area (Å²) in [5.41, 5.74) is 1.02. The second-order valence-electron chi connectivity index (χ2n) is 6.30. The molecule has 1 aliphatic heterocycles. The summed E-state index contributed by atoms with van der Waals surface area (Å²) in [6, 6.07) is 8.07. The number of likely N-dealkylation sites (N-methyl/N-ethyl adjacent to an activating group) is 1. The number of nitrogens with zero attached hydrogens (tertiary/aromatic N) is 2. The number of thiophene rings is 1. The van der Waals surface area contributed by atoms with Crippen LogP contribution < -0.4 is 0 Å². The lowest BCUT2D eigenvalue weighted by atomic mass is 10.1. The number of ether oxygens (including phenoxy) is 1. The van der Waals surface area contributed by atoms with Crippen LogP contribution in [0.25, 0.3) is 10.1 Å². The summed E-state index contributed by atoms with van der Waals surface area (Å²) < 4.78 is 6.44. The van der Waals surface area contributed by atoms with E-state index in [0.29, 0.717) is 26.3 Å². The average molecular weight is 348 g/mol. The molecule has 0 saturated carbocycles. The van der Waals surface area contributed by atoms with Crippen LogP contribution in [-0.2, 0) is 4.74 Å². The van der Waals surface area contributed by atoms with E-state index in [9.17, 15) is 9.90 Å². The fraction of sp³-hybridized carbons (Fsp3) is 0.500. The highest BCUT2D eigenvalue weighted by Crippen LogP contribution is 2.31. The summed E-state index contributed by atoms with van der Waals surface area (Å²) in [7, 11) is 1.76. The molecule has 0 aliphatic carbocycles. The van der Waals surface area contributed by atoms with Crippen molar-refractivity contribution in [1.29, 1.82) is 0 Å². The van der Waals surface area contributed by atoms with Gasteiger partial charge in [-0.05, 0) is 23.9 Å². The van der Waals surface area contributed by atoms with Gasteiger partial charge >= 0.3 is 0 Å². The number of hydrogen-bond donors (Lipinski definition) is 1. The molecule has 1 saturated heterocycles. The smallest absolute Gasteiger partial charge is 0.264 e. The monoisotopic (exact) mass is 348 g/mol. The Morgan fingerprint density at radius 1 is 1.38 bits per heavy atom. The molecule has 0 bridgehead atoms. The third-order valence-corrected chi connectivity index (χ3v) is 5.70. The number of aryl methyl sites for hydroxylation is 1. The Bertz CT molecular complexity index is 709. The lowest BCUT2D eigenvalue weighted by Gasteiger charge is -2.30. The summed E-state index contributed by atoms with van der Waals surface area (Å²) in [6.45, 7) is 6.00. The number of fused-ring (bicyclic) bond motifs is 1. The minimum Gasteiger partial charge on any atom is -0.390 e. The van der Waals surface area contributed by atoms with Crippen molar-refractivity contribution in [2.75, 3.05) is 46.4 Å². The number of carbonyl (C=O) groups is 1. The maximum atomic E-state index is 12.8. The molecular weight excluding hydrogens is 324 g/mol. The van der Waals surface area contributed by atoms with Gasteiger partial charge in [0.1, 0.15) is 0 Å². The third kappa shape index (κ3) is 3.78. The first-order valence-electron chi connectivity index (χ1n) is 8.28. The maximum Gasteiger partial charge on any atom is 0.264 e. The van der Waals surface area contributed by atoms with E-state index in [1.807, 2.05) is 31.2 Å². The van der Waals surface area contributed by atoms with Gasteiger partial charge in [-0.25, -0.2) is 0 Å². The second kappa shape index (κ2) is 7.61. The molecule has 1 amide bonds. The van der Waals surface area contributed by atoms with Gasteiger partial charge in [-0.3, -0.25) is 9.69 Å². The number of amides is 1. The van der Waals surface area contributed by atoms with E-state index in [0.717, 1.165) is 33.6 Å². The van der Waals surface area contributed by atoms with Crippen LogP contribution in [0.2, 0.25) is 0 Å². The van der Waals surface area contributed by atoms with Crippen molar-refractivity contribution in [3.05, 3.63) is 34.7 Å². The zero-order chi connectivity index (χ0) is 17.1. The Hall–Kier alpha value is -1.47. The molecule has 130 valence electrons. The maximum absolute atomic E-state index is 12.8. The van der Waals surface area contributed by atoms with E-state index in [1.54, 1.807) is 11.9 Å². The van der Waals surface area contributed by atoms with Crippen LogP contribution in [0.3, 0.4) is 0 Å². The molecule has 1 atom stereocenters. The molecule has 1 aromatic carbocycles. The molecule has 3 rings (SSSR count). The average Bonchev–Trinajstić information content (AvgIpc) is 2.92. The summed E-state index contributed by atoms with van der Waals surface area (Å²) in [5, 5.41) is 11.4. The lowest BCUT2D eigenvalue weighted by Crippen LogP contribution is -2.45. The molecule has 1 fully saturated rings. The van der Waals surface area contributed by atoms with Crippen molar-refractivity contribution in [3.8, 4) is 0 Å². The van der Waals surface area contributed by atoms with Crippen LogP contribution >= 0.6 is 11.3 Å². The highest BCUT2D eigenvalue weighted by molar-refractivity contribution is 7.21. The molecule has 6 heteroatoms. The van der Waals surface area contributed by atoms with E-state index in [2.05, 4.69) is 4.90 Å². The number of aliphatic hydroxyl groups is 1. The fourth-order valence-corrected chi connectivity index (χ4v) is 4.29. The molecule has 0 spiro atoms. The number of rotatable bonds is 5. The zero-order valence-corrected chi connectivity index (χ0v) is 15.0. The molecule has 2 aromatic rings. The number of morpholine rings is 1. The van der Waals surface area contributed by atoms with Crippen molar-refractivity contribution in [3.63, 3.8) is 0 Å². The van der Waals surface area contributed by atoms with Gasteiger partial charge in [-0.15, -0.1) is 11.3 Å². The van der Waals surface area contributed by atoms with Crippen molar-refractivity contribution >= 4 is 27.3 Å². The Morgan fingerprint density at radius 3 is 2.79 bits per heavy atom. The zero-order valence-electron chi connectivity index (χ0n) is 14.2. The predicted molar refractivity (Wildman–Crippen MR) is 96.8 cm³/mol. The molecule has 1 N–H and O–H groups in total. The van der Waals surface area contributed by atoms with Crippen LogP contribution in [0.15, 0.2) is 24.3 Å². The Kier molecular flexibility index (Phi) is 5.50. The molecule has 1 aromatic heterocycles. The van der Waals surface area contributed by atoms with Crippen molar-refractivity contribution < 1.29 is 14.6 Å². The first-order chi connectivity index (χ1) is 11.6. The Labute approximate surface area is 146 Å². The molecule has 24 heavy (non-hydrogen) atoms. The number of hydrogen-bond acceptors (Lipinski definition) is 5. The molecular formula is C18H24N2O3S.